The third-order valence-electron chi connectivity index (χ3n) is 5.17. The third kappa shape index (κ3) is 6.04. The fraction of sp³-hybridized carbons (Fsp3) is 0.250. The molecule has 7 nitrogen and oxygen atoms in total. The highest BCUT2D eigenvalue weighted by Crippen LogP contribution is 2.35. The molecule has 0 unspecified atom stereocenters. The Bertz CT molecular complexity index is 1150. The van der Waals surface area contributed by atoms with Gasteiger partial charge < -0.3 is 15.0 Å². The van der Waals surface area contributed by atoms with E-state index in [1.165, 1.54) is 18.5 Å². The number of carbonyl (C=O) groups excluding carboxylic acids is 2. The Hall–Kier alpha value is -3.52. The molecule has 0 bridgehead atoms. The van der Waals surface area contributed by atoms with Gasteiger partial charge in [0, 0.05) is 19.0 Å². The number of nitrogens with zero attached hydrogens (tertiary/aromatic N) is 3. The molecule has 1 aliphatic carbocycles. The van der Waals surface area contributed by atoms with Crippen LogP contribution < -0.4 is 15.0 Å². The fourth-order valence-corrected chi connectivity index (χ4v) is 3.55. The smallest absolute Gasteiger partial charge is 0.262 e. The summed E-state index contributed by atoms with van der Waals surface area (Å²) in [5.41, 5.74) is 2.66. The Morgan fingerprint density at radius 2 is 1.97 bits per heavy atom. The van der Waals surface area contributed by atoms with Gasteiger partial charge in [0.15, 0.2) is 6.61 Å². The summed E-state index contributed by atoms with van der Waals surface area (Å²) in [6, 6.07) is 11.5. The van der Waals surface area contributed by atoms with E-state index in [1.807, 2.05) is 12.1 Å². The van der Waals surface area contributed by atoms with Crippen molar-refractivity contribution in [1.82, 2.24) is 9.97 Å². The second-order valence-electron chi connectivity index (χ2n) is 7.82. The summed E-state index contributed by atoms with van der Waals surface area (Å²) in [7, 11) is 0. The Labute approximate surface area is 195 Å². The minimum absolute atomic E-state index is 0.0329. The highest BCUT2D eigenvalue weighted by atomic mass is 35.5. The predicted octanol–water partition coefficient (Wildman–Crippen LogP) is 4.72. The second kappa shape index (κ2) is 9.95. The molecule has 1 saturated carbocycles. The van der Waals surface area contributed by atoms with Crippen LogP contribution >= 0.6 is 11.6 Å². The van der Waals surface area contributed by atoms with Crippen LogP contribution in [0.4, 0.5) is 15.8 Å². The van der Waals surface area contributed by atoms with Crippen LogP contribution in [0.2, 0.25) is 5.02 Å². The summed E-state index contributed by atoms with van der Waals surface area (Å²) in [4.78, 5) is 33.7. The van der Waals surface area contributed by atoms with Crippen LogP contribution in [0.5, 0.6) is 5.75 Å². The van der Waals surface area contributed by atoms with Crippen LogP contribution in [-0.2, 0) is 9.59 Å². The summed E-state index contributed by atoms with van der Waals surface area (Å²) in [5.74, 6) is -0.202. The number of nitrogens with one attached hydrogen (secondary N) is 1. The molecule has 9 heteroatoms. The molecule has 0 aliphatic heterocycles. The zero-order chi connectivity index (χ0) is 23.4. The molecule has 3 aromatic rings. The molecule has 1 fully saturated rings. The number of anilines is 2. The lowest BCUT2D eigenvalue weighted by molar-refractivity contribution is -0.118. The lowest BCUT2D eigenvalue weighted by Crippen LogP contribution is -2.30. The lowest BCUT2D eigenvalue weighted by atomic mass is 10.1. The zero-order valence-electron chi connectivity index (χ0n) is 17.9. The number of aromatic nitrogens is 2. The molecule has 0 spiro atoms. The van der Waals surface area contributed by atoms with Gasteiger partial charge >= 0.3 is 0 Å². The molecule has 0 saturated heterocycles. The maximum atomic E-state index is 12.8. The van der Waals surface area contributed by atoms with Crippen molar-refractivity contribution in [2.75, 3.05) is 23.4 Å². The summed E-state index contributed by atoms with van der Waals surface area (Å²) in [5, 5.41) is 3.16. The van der Waals surface area contributed by atoms with Gasteiger partial charge in [0.1, 0.15) is 5.75 Å². The maximum Gasteiger partial charge on any atom is 0.262 e. The van der Waals surface area contributed by atoms with E-state index in [4.69, 9.17) is 16.3 Å². The standard InChI is InChI=1S/C24H22ClFN4O3/c1-15(31)30(13-16-2-3-16)22-8-4-17(10-20(22)25)21-7-5-18(11-27-21)29-24(32)14-33-19-6-9-23(26)28-12-19/h4-12,16H,2-3,13-14H2,1H3,(H,29,32). The second-order valence-corrected chi connectivity index (χ2v) is 8.23. The number of halogens is 2. The number of hydrogen-bond donors (Lipinski definition) is 1. The summed E-state index contributed by atoms with van der Waals surface area (Å²) >= 11 is 6.50. The first kappa shape index (κ1) is 22.7. The van der Waals surface area contributed by atoms with Gasteiger partial charge in [-0.2, -0.15) is 4.39 Å². The SMILES string of the molecule is CC(=O)N(CC1CC1)c1ccc(-c2ccc(NC(=O)COc3ccc(F)nc3)cn2)cc1Cl. The van der Waals surface area contributed by atoms with E-state index in [1.54, 1.807) is 30.0 Å². The van der Waals surface area contributed by atoms with E-state index in [0.717, 1.165) is 24.5 Å². The van der Waals surface area contributed by atoms with Crippen molar-refractivity contribution in [3.63, 3.8) is 0 Å². The molecule has 1 aliphatic rings. The molecule has 0 radical (unpaired) electrons. The summed E-state index contributed by atoms with van der Waals surface area (Å²) in [6.07, 6.45) is 5.02. The minimum Gasteiger partial charge on any atom is -0.482 e. The Balaban J connectivity index is 1.38. The summed E-state index contributed by atoms with van der Waals surface area (Å²) in [6.45, 7) is 1.98. The van der Waals surface area contributed by atoms with Crippen LogP contribution in [0.1, 0.15) is 19.8 Å². The zero-order valence-corrected chi connectivity index (χ0v) is 18.7. The van der Waals surface area contributed by atoms with E-state index in [-0.39, 0.29) is 18.4 Å². The van der Waals surface area contributed by atoms with Crippen molar-refractivity contribution in [3.8, 4) is 17.0 Å². The fourth-order valence-electron chi connectivity index (χ4n) is 3.27. The number of benzene rings is 1. The minimum atomic E-state index is -0.622. The Morgan fingerprint density at radius 1 is 1.15 bits per heavy atom. The predicted molar refractivity (Wildman–Crippen MR) is 124 cm³/mol. The highest BCUT2D eigenvalue weighted by Gasteiger charge is 2.27. The topological polar surface area (TPSA) is 84.4 Å². The molecule has 2 aromatic heterocycles. The number of hydrogen-bond acceptors (Lipinski definition) is 5. The van der Waals surface area contributed by atoms with Crippen molar-refractivity contribution < 1.29 is 18.7 Å². The van der Waals surface area contributed by atoms with Crippen LogP contribution in [0.3, 0.4) is 0 Å². The van der Waals surface area contributed by atoms with E-state index < -0.39 is 5.95 Å². The van der Waals surface area contributed by atoms with E-state index in [2.05, 4.69) is 15.3 Å². The van der Waals surface area contributed by atoms with Gasteiger partial charge in [-0.15, -0.1) is 0 Å². The molecule has 33 heavy (non-hydrogen) atoms. The van der Waals surface area contributed by atoms with Crippen LogP contribution in [-0.4, -0.2) is 34.9 Å². The first-order valence-corrected chi connectivity index (χ1v) is 10.8. The van der Waals surface area contributed by atoms with Crippen molar-refractivity contribution in [2.45, 2.75) is 19.8 Å². The quantitative estimate of drug-likeness (QED) is 0.484. The number of carbonyl (C=O) groups is 2. The van der Waals surface area contributed by atoms with Gasteiger partial charge in [-0.25, -0.2) is 4.98 Å². The molecule has 1 N–H and O–H groups in total. The number of amides is 2. The van der Waals surface area contributed by atoms with Gasteiger partial charge in [0.05, 0.1) is 34.5 Å². The normalized spacial score (nSPS) is 12.8. The van der Waals surface area contributed by atoms with E-state index >= 15 is 0 Å². The molecule has 1 aromatic carbocycles. The monoisotopic (exact) mass is 468 g/mol. The van der Waals surface area contributed by atoms with Crippen LogP contribution in [0, 0.1) is 11.9 Å². The maximum absolute atomic E-state index is 12.8. The van der Waals surface area contributed by atoms with Gasteiger partial charge in [-0.05, 0) is 55.2 Å². The van der Waals surface area contributed by atoms with Gasteiger partial charge in [0.25, 0.3) is 5.91 Å². The molecule has 0 atom stereocenters. The van der Waals surface area contributed by atoms with E-state index in [9.17, 15) is 14.0 Å². The largest absolute Gasteiger partial charge is 0.482 e. The van der Waals surface area contributed by atoms with E-state index in [0.29, 0.717) is 40.3 Å². The third-order valence-corrected chi connectivity index (χ3v) is 5.47. The van der Waals surface area contributed by atoms with Crippen molar-refractivity contribution >= 4 is 34.8 Å². The number of pyridine rings is 2. The van der Waals surface area contributed by atoms with Crippen LogP contribution in [0.25, 0.3) is 11.3 Å². The van der Waals surface area contributed by atoms with Crippen molar-refractivity contribution in [1.29, 1.82) is 0 Å². The number of ether oxygens (including phenoxy) is 1. The van der Waals surface area contributed by atoms with Crippen molar-refractivity contribution in [3.05, 3.63) is 65.8 Å². The molecule has 2 heterocycles. The highest BCUT2D eigenvalue weighted by molar-refractivity contribution is 6.34. The van der Waals surface area contributed by atoms with Gasteiger partial charge in [0.2, 0.25) is 11.9 Å². The molecule has 4 rings (SSSR count). The average Bonchev–Trinajstić information content (AvgIpc) is 3.62. The summed E-state index contributed by atoms with van der Waals surface area (Å²) < 4.78 is 18.1. The molecule has 2 amide bonds. The molecule has 170 valence electrons. The van der Waals surface area contributed by atoms with Gasteiger partial charge in [-0.1, -0.05) is 17.7 Å². The Morgan fingerprint density at radius 3 is 2.58 bits per heavy atom. The van der Waals surface area contributed by atoms with Crippen molar-refractivity contribution in [2.24, 2.45) is 5.92 Å². The van der Waals surface area contributed by atoms with Crippen LogP contribution in [0.15, 0.2) is 54.9 Å². The first-order valence-electron chi connectivity index (χ1n) is 10.5. The first-order chi connectivity index (χ1) is 15.9. The number of rotatable bonds is 8. The molecular formula is C24H22ClFN4O3. The average molecular weight is 469 g/mol. The Kier molecular flexibility index (Phi) is 6.84. The van der Waals surface area contributed by atoms with Gasteiger partial charge in [-0.3, -0.25) is 14.6 Å². The lowest BCUT2D eigenvalue weighted by Gasteiger charge is -2.22. The molecular weight excluding hydrogens is 447 g/mol.